The molecule has 0 aliphatic carbocycles. The molecule has 0 spiro atoms. The number of hydrogen-bond donors (Lipinski definition) is 0. The number of hydrogen-bond acceptors (Lipinski definition) is 3. The Morgan fingerprint density at radius 2 is 1.76 bits per heavy atom. The largest absolute Gasteiger partial charge is 0.354 e. The van der Waals surface area contributed by atoms with Crippen LogP contribution < -0.4 is 4.90 Å². The highest BCUT2D eigenvalue weighted by Gasteiger charge is 2.18. The maximum absolute atomic E-state index is 6.07. The van der Waals surface area contributed by atoms with Gasteiger partial charge in [-0.3, -0.25) is 4.90 Å². The van der Waals surface area contributed by atoms with Gasteiger partial charge in [0.25, 0.3) is 0 Å². The minimum Gasteiger partial charge on any atom is -0.354 e. The van der Waals surface area contributed by atoms with E-state index in [1.54, 1.807) is 0 Å². The molecular weight excluding hydrogens is 305 g/mol. The number of benzene rings is 1. The van der Waals surface area contributed by atoms with Crippen molar-refractivity contribution < 1.29 is 0 Å². The van der Waals surface area contributed by atoms with Crippen LogP contribution in [0.5, 0.6) is 0 Å². The third kappa shape index (κ3) is 3.67. The van der Waals surface area contributed by atoms with Crippen LogP contribution in [0.25, 0.3) is 0 Å². The lowest BCUT2D eigenvalue weighted by atomic mass is 10.2. The zero-order valence-corrected chi connectivity index (χ0v) is 13.2. The maximum Gasteiger partial charge on any atom is 0.128 e. The van der Waals surface area contributed by atoms with Crippen molar-refractivity contribution in [3.05, 3.63) is 58.2 Å². The number of pyridine rings is 1. The van der Waals surface area contributed by atoms with E-state index < -0.39 is 0 Å². The molecular formula is C16H17Cl2N3. The van der Waals surface area contributed by atoms with Gasteiger partial charge in [-0.1, -0.05) is 35.3 Å². The average molecular weight is 322 g/mol. The Morgan fingerprint density at radius 3 is 2.43 bits per heavy atom. The second kappa shape index (κ2) is 6.65. The highest BCUT2D eigenvalue weighted by molar-refractivity contribution is 6.42. The van der Waals surface area contributed by atoms with Crippen LogP contribution in [0.4, 0.5) is 5.82 Å². The summed E-state index contributed by atoms with van der Waals surface area (Å²) >= 11 is 12.0. The van der Waals surface area contributed by atoms with Crippen molar-refractivity contribution >= 4 is 29.0 Å². The normalized spacial score (nSPS) is 16.2. The van der Waals surface area contributed by atoms with Crippen molar-refractivity contribution in [1.29, 1.82) is 0 Å². The summed E-state index contributed by atoms with van der Waals surface area (Å²) in [4.78, 5) is 9.16. The van der Waals surface area contributed by atoms with Gasteiger partial charge < -0.3 is 4.90 Å². The lowest BCUT2D eigenvalue weighted by Gasteiger charge is -2.35. The lowest BCUT2D eigenvalue weighted by Crippen LogP contribution is -2.46. The molecule has 1 aromatic heterocycles. The van der Waals surface area contributed by atoms with Crippen molar-refractivity contribution in [3.8, 4) is 0 Å². The summed E-state index contributed by atoms with van der Waals surface area (Å²) < 4.78 is 0. The van der Waals surface area contributed by atoms with Crippen molar-refractivity contribution in [2.75, 3.05) is 31.1 Å². The van der Waals surface area contributed by atoms with Crippen LogP contribution in [0, 0.1) is 0 Å². The Bertz CT molecular complexity index is 596. The van der Waals surface area contributed by atoms with E-state index >= 15 is 0 Å². The maximum atomic E-state index is 6.07. The van der Waals surface area contributed by atoms with E-state index in [1.807, 2.05) is 36.5 Å². The SMILES string of the molecule is Clc1ccc(CN2CCN(c3ccccn3)CC2)cc1Cl. The molecule has 2 aromatic rings. The quantitative estimate of drug-likeness (QED) is 0.859. The number of piperazine rings is 1. The van der Waals surface area contributed by atoms with Crippen molar-refractivity contribution in [1.82, 2.24) is 9.88 Å². The van der Waals surface area contributed by atoms with Gasteiger partial charge in [-0.05, 0) is 29.8 Å². The molecule has 0 saturated carbocycles. The van der Waals surface area contributed by atoms with Gasteiger partial charge in [0.2, 0.25) is 0 Å². The highest BCUT2D eigenvalue weighted by Crippen LogP contribution is 2.23. The molecule has 0 radical (unpaired) electrons. The van der Waals surface area contributed by atoms with E-state index in [2.05, 4.69) is 20.9 Å². The fraction of sp³-hybridized carbons (Fsp3) is 0.312. The van der Waals surface area contributed by atoms with Gasteiger partial charge >= 0.3 is 0 Å². The first-order valence-corrected chi connectivity index (χ1v) is 7.80. The zero-order chi connectivity index (χ0) is 14.7. The van der Waals surface area contributed by atoms with Gasteiger partial charge in [0.15, 0.2) is 0 Å². The molecule has 0 amide bonds. The summed E-state index contributed by atoms with van der Waals surface area (Å²) in [5.41, 5.74) is 1.20. The van der Waals surface area contributed by atoms with Gasteiger partial charge in [-0.25, -0.2) is 4.98 Å². The third-order valence-electron chi connectivity index (χ3n) is 3.74. The lowest BCUT2D eigenvalue weighted by molar-refractivity contribution is 0.249. The highest BCUT2D eigenvalue weighted by atomic mass is 35.5. The van der Waals surface area contributed by atoms with E-state index in [4.69, 9.17) is 23.2 Å². The summed E-state index contributed by atoms with van der Waals surface area (Å²) in [6, 6.07) is 11.9. The van der Waals surface area contributed by atoms with E-state index in [-0.39, 0.29) is 0 Å². The molecule has 0 bridgehead atoms. The first-order valence-electron chi connectivity index (χ1n) is 7.04. The molecule has 3 nitrogen and oxygen atoms in total. The Labute approximate surface area is 135 Å². The topological polar surface area (TPSA) is 19.4 Å². The summed E-state index contributed by atoms with van der Waals surface area (Å²) in [5, 5.41) is 1.24. The molecule has 1 saturated heterocycles. The molecule has 110 valence electrons. The molecule has 1 aliphatic rings. The van der Waals surface area contributed by atoms with Crippen LogP contribution in [0.1, 0.15) is 5.56 Å². The Morgan fingerprint density at radius 1 is 0.952 bits per heavy atom. The summed E-state index contributed by atoms with van der Waals surface area (Å²) in [6.07, 6.45) is 1.84. The van der Waals surface area contributed by atoms with E-state index in [9.17, 15) is 0 Å². The fourth-order valence-corrected chi connectivity index (χ4v) is 2.89. The smallest absolute Gasteiger partial charge is 0.128 e. The van der Waals surface area contributed by atoms with Crippen LogP contribution in [0.15, 0.2) is 42.6 Å². The predicted molar refractivity (Wildman–Crippen MR) is 88.2 cm³/mol. The van der Waals surface area contributed by atoms with E-state index in [0.717, 1.165) is 38.5 Å². The molecule has 1 aliphatic heterocycles. The van der Waals surface area contributed by atoms with Crippen LogP contribution in [-0.4, -0.2) is 36.1 Å². The van der Waals surface area contributed by atoms with Crippen LogP contribution >= 0.6 is 23.2 Å². The zero-order valence-electron chi connectivity index (χ0n) is 11.7. The van der Waals surface area contributed by atoms with Crippen molar-refractivity contribution in [2.24, 2.45) is 0 Å². The molecule has 2 heterocycles. The van der Waals surface area contributed by atoms with Crippen LogP contribution in [0.3, 0.4) is 0 Å². The standard InChI is InChI=1S/C16H17Cl2N3/c17-14-5-4-13(11-15(14)18)12-20-7-9-21(10-8-20)16-3-1-2-6-19-16/h1-6,11H,7-10,12H2. The first-order chi connectivity index (χ1) is 10.2. The molecule has 0 unspecified atom stereocenters. The minimum absolute atomic E-state index is 0.611. The predicted octanol–water partition coefficient (Wildman–Crippen LogP) is 3.71. The van der Waals surface area contributed by atoms with Crippen LogP contribution in [-0.2, 0) is 6.54 Å². The molecule has 0 atom stereocenters. The fourth-order valence-electron chi connectivity index (χ4n) is 2.57. The number of halogens is 2. The summed E-state index contributed by atoms with van der Waals surface area (Å²) in [6.45, 7) is 4.96. The van der Waals surface area contributed by atoms with Crippen molar-refractivity contribution in [3.63, 3.8) is 0 Å². The van der Waals surface area contributed by atoms with E-state index in [1.165, 1.54) is 5.56 Å². The van der Waals surface area contributed by atoms with Crippen molar-refractivity contribution in [2.45, 2.75) is 6.54 Å². The number of aromatic nitrogens is 1. The number of nitrogens with zero attached hydrogens (tertiary/aromatic N) is 3. The third-order valence-corrected chi connectivity index (χ3v) is 4.47. The first kappa shape index (κ1) is 14.6. The molecule has 3 rings (SSSR count). The van der Waals surface area contributed by atoms with Gasteiger partial charge in [-0.15, -0.1) is 0 Å². The Hall–Kier alpha value is -1.29. The monoisotopic (exact) mass is 321 g/mol. The van der Waals surface area contributed by atoms with Gasteiger partial charge in [0, 0.05) is 38.9 Å². The second-order valence-corrected chi connectivity index (χ2v) is 6.01. The molecule has 21 heavy (non-hydrogen) atoms. The molecule has 1 fully saturated rings. The Balaban J connectivity index is 1.57. The molecule has 5 heteroatoms. The number of anilines is 1. The van der Waals surface area contributed by atoms with Crippen LogP contribution in [0.2, 0.25) is 10.0 Å². The number of rotatable bonds is 3. The van der Waals surface area contributed by atoms with Gasteiger partial charge in [0.1, 0.15) is 5.82 Å². The summed E-state index contributed by atoms with van der Waals surface area (Å²) in [7, 11) is 0. The van der Waals surface area contributed by atoms with Gasteiger partial charge in [0.05, 0.1) is 10.0 Å². The summed E-state index contributed by atoms with van der Waals surface area (Å²) in [5.74, 6) is 1.06. The average Bonchev–Trinajstić information content (AvgIpc) is 2.53. The Kier molecular flexibility index (Phi) is 4.63. The molecule has 0 N–H and O–H groups in total. The minimum atomic E-state index is 0.611. The molecule has 1 aromatic carbocycles. The second-order valence-electron chi connectivity index (χ2n) is 5.20. The van der Waals surface area contributed by atoms with Gasteiger partial charge in [-0.2, -0.15) is 0 Å². The van der Waals surface area contributed by atoms with E-state index in [0.29, 0.717) is 10.0 Å².